The Morgan fingerprint density at radius 1 is 1.24 bits per heavy atom. The highest BCUT2D eigenvalue weighted by molar-refractivity contribution is 7.89. The van der Waals surface area contributed by atoms with Crippen LogP contribution in [0.4, 0.5) is 19.0 Å². The van der Waals surface area contributed by atoms with Crippen molar-refractivity contribution in [3.63, 3.8) is 0 Å². The van der Waals surface area contributed by atoms with Crippen LogP contribution in [0.25, 0.3) is 0 Å². The molecule has 2 aromatic rings. The second kappa shape index (κ2) is 8.28. The fourth-order valence-electron chi connectivity index (χ4n) is 3.72. The Morgan fingerprint density at radius 3 is 2.58 bits per heavy atom. The Labute approximate surface area is 190 Å². The fourth-order valence-corrected chi connectivity index (χ4v) is 4.74. The smallest absolute Gasteiger partial charge is 0.242 e. The first-order valence-electron chi connectivity index (χ1n) is 10.5. The van der Waals surface area contributed by atoms with E-state index in [0.717, 1.165) is 24.0 Å². The highest BCUT2D eigenvalue weighted by Gasteiger charge is 2.46. The van der Waals surface area contributed by atoms with Gasteiger partial charge in [0.05, 0.1) is 25.3 Å². The molecule has 1 N–H and O–H groups in total. The molecule has 0 bridgehead atoms. The summed E-state index contributed by atoms with van der Waals surface area (Å²) in [6.07, 6.45) is 1.06. The van der Waals surface area contributed by atoms with Crippen LogP contribution < -0.4 is 9.62 Å². The molecule has 11 heteroatoms. The number of pyridine rings is 1. The molecule has 0 amide bonds. The molecule has 1 saturated heterocycles. The topological polar surface area (TPSA) is 83.9 Å². The molecular formula is C22H25F3N4O3S. The molecular weight excluding hydrogens is 457 g/mol. The maximum atomic E-state index is 15.0. The lowest BCUT2D eigenvalue weighted by atomic mass is 9.87. The number of anilines is 1. The van der Waals surface area contributed by atoms with Crippen molar-refractivity contribution in [3.05, 3.63) is 53.7 Å². The summed E-state index contributed by atoms with van der Waals surface area (Å²) in [5.74, 6) is -1.62. The van der Waals surface area contributed by atoms with Gasteiger partial charge in [0.1, 0.15) is 16.8 Å². The number of oxime groups is 1. The summed E-state index contributed by atoms with van der Waals surface area (Å²) in [6, 6.07) is 6.04. The SMILES string of the molecule is CC(C)(C)C1=NOC(CNS(=O)(=O)c2cnc(N3CC(F)(c4cccc(F)c4)C3)c(F)c2)C1. The molecule has 1 atom stereocenters. The Kier molecular flexibility index (Phi) is 5.90. The minimum absolute atomic E-state index is 0.0289. The van der Waals surface area contributed by atoms with Gasteiger partial charge < -0.3 is 9.74 Å². The van der Waals surface area contributed by atoms with Gasteiger partial charge in [-0.2, -0.15) is 0 Å². The van der Waals surface area contributed by atoms with Crippen LogP contribution in [-0.4, -0.2) is 44.9 Å². The number of hydrogen-bond acceptors (Lipinski definition) is 6. The van der Waals surface area contributed by atoms with Crippen LogP contribution in [0.1, 0.15) is 32.8 Å². The first-order valence-corrected chi connectivity index (χ1v) is 11.9. The van der Waals surface area contributed by atoms with E-state index in [1.807, 2.05) is 20.8 Å². The van der Waals surface area contributed by atoms with Crippen molar-refractivity contribution in [2.24, 2.45) is 10.6 Å². The maximum absolute atomic E-state index is 15.0. The number of nitrogens with one attached hydrogen (secondary N) is 1. The number of aromatic nitrogens is 1. The van der Waals surface area contributed by atoms with Crippen molar-refractivity contribution < 1.29 is 26.4 Å². The number of sulfonamides is 1. The molecule has 0 radical (unpaired) electrons. The Balaban J connectivity index is 1.39. The number of hydrogen-bond donors (Lipinski definition) is 1. The third-order valence-electron chi connectivity index (χ3n) is 5.73. The molecule has 1 aromatic heterocycles. The Bertz CT molecular complexity index is 1190. The third-order valence-corrected chi connectivity index (χ3v) is 7.12. The number of alkyl halides is 1. The van der Waals surface area contributed by atoms with Crippen LogP contribution >= 0.6 is 0 Å². The average Bonchev–Trinajstić information content (AvgIpc) is 3.20. The van der Waals surface area contributed by atoms with E-state index in [1.165, 1.54) is 23.1 Å². The monoisotopic (exact) mass is 482 g/mol. The minimum atomic E-state index is -4.04. The van der Waals surface area contributed by atoms with Gasteiger partial charge in [-0.15, -0.1) is 0 Å². The highest BCUT2D eigenvalue weighted by Crippen LogP contribution is 2.39. The summed E-state index contributed by atoms with van der Waals surface area (Å²) in [6.45, 7) is 5.49. The van der Waals surface area contributed by atoms with E-state index in [4.69, 9.17) is 4.84 Å². The summed E-state index contributed by atoms with van der Waals surface area (Å²) in [5.41, 5.74) is -1.02. The lowest BCUT2D eigenvalue weighted by Crippen LogP contribution is -2.57. The van der Waals surface area contributed by atoms with E-state index in [2.05, 4.69) is 14.9 Å². The van der Waals surface area contributed by atoms with E-state index in [0.29, 0.717) is 6.42 Å². The van der Waals surface area contributed by atoms with E-state index < -0.39 is 33.4 Å². The minimum Gasteiger partial charge on any atom is -0.391 e. The Morgan fingerprint density at radius 2 is 1.97 bits per heavy atom. The molecule has 178 valence electrons. The quantitative estimate of drug-likeness (QED) is 0.681. The average molecular weight is 483 g/mol. The van der Waals surface area contributed by atoms with E-state index >= 15 is 4.39 Å². The van der Waals surface area contributed by atoms with Gasteiger partial charge in [-0.3, -0.25) is 0 Å². The van der Waals surface area contributed by atoms with E-state index in [-0.39, 0.29) is 41.3 Å². The zero-order valence-electron chi connectivity index (χ0n) is 18.5. The molecule has 33 heavy (non-hydrogen) atoms. The first kappa shape index (κ1) is 23.5. The van der Waals surface area contributed by atoms with Crippen molar-refractivity contribution >= 4 is 21.6 Å². The zero-order chi connectivity index (χ0) is 24.0. The van der Waals surface area contributed by atoms with Crippen LogP contribution in [0.2, 0.25) is 0 Å². The largest absolute Gasteiger partial charge is 0.391 e. The first-order chi connectivity index (χ1) is 15.4. The fraction of sp³-hybridized carbons (Fsp3) is 0.455. The van der Waals surface area contributed by atoms with Crippen molar-refractivity contribution in [3.8, 4) is 0 Å². The number of nitrogens with zero attached hydrogens (tertiary/aromatic N) is 3. The molecule has 0 spiro atoms. The van der Waals surface area contributed by atoms with Gasteiger partial charge >= 0.3 is 0 Å². The molecule has 4 rings (SSSR count). The summed E-state index contributed by atoms with van der Waals surface area (Å²) in [7, 11) is -4.04. The second-order valence-electron chi connectivity index (χ2n) is 9.38. The van der Waals surface area contributed by atoms with Gasteiger partial charge in [0.2, 0.25) is 10.0 Å². The number of benzene rings is 1. The molecule has 1 fully saturated rings. The van der Waals surface area contributed by atoms with Crippen molar-refractivity contribution in [2.75, 3.05) is 24.5 Å². The molecule has 1 unspecified atom stereocenters. The molecule has 2 aliphatic rings. The molecule has 1 aromatic carbocycles. The zero-order valence-corrected chi connectivity index (χ0v) is 19.3. The molecule has 0 aliphatic carbocycles. The maximum Gasteiger partial charge on any atom is 0.242 e. The Hall–Kier alpha value is -2.66. The molecule has 3 heterocycles. The molecule has 2 aliphatic heterocycles. The number of rotatable bonds is 6. The van der Waals surface area contributed by atoms with Crippen molar-refractivity contribution in [1.29, 1.82) is 0 Å². The van der Waals surface area contributed by atoms with Crippen LogP contribution in [0.3, 0.4) is 0 Å². The van der Waals surface area contributed by atoms with Gasteiger partial charge in [-0.05, 0) is 23.8 Å². The van der Waals surface area contributed by atoms with Gasteiger partial charge in [0, 0.05) is 18.0 Å². The second-order valence-corrected chi connectivity index (χ2v) is 11.1. The predicted molar refractivity (Wildman–Crippen MR) is 117 cm³/mol. The lowest BCUT2D eigenvalue weighted by Gasteiger charge is -2.45. The predicted octanol–water partition coefficient (Wildman–Crippen LogP) is 3.51. The summed E-state index contributed by atoms with van der Waals surface area (Å²) in [4.78, 5) is 10.2. The van der Waals surface area contributed by atoms with Gasteiger partial charge in [-0.1, -0.05) is 38.1 Å². The summed E-state index contributed by atoms with van der Waals surface area (Å²) in [5, 5.41) is 4.01. The molecule has 7 nitrogen and oxygen atoms in total. The normalized spacial score (nSPS) is 20.2. The standard InChI is InChI=1S/C22H25F3N4O3S/c1-21(2,3)19-8-16(32-28-19)10-27-33(30,31)17-9-18(24)20(26-11-17)29-12-22(25,13-29)14-5-4-6-15(23)7-14/h4-7,9,11,16,27H,8,10,12-13H2,1-3H3. The van der Waals surface area contributed by atoms with Crippen LogP contribution in [-0.2, 0) is 20.5 Å². The van der Waals surface area contributed by atoms with Gasteiger partial charge in [-0.25, -0.2) is 31.3 Å². The van der Waals surface area contributed by atoms with Crippen molar-refractivity contribution in [2.45, 2.75) is 43.9 Å². The molecule has 0 saturated carbocycles. The number of halogens is 3. The third kappa shape index (κ3) is 4.84. The lowest BCUT2D eigenvalue weighted by molar-refractivity contribution is 0.0890. The van der Waals surface area contributed by atoms with Gasteiger partial charge in [0.25, 0.3) is 0 Å². The van der Waals surface area contributed by atoms with Crippen molar-refractivity contribution in [1.82, 2.24) is 9.71 Å². The highest BCUT2D eigenvalue weighted by atomic mass is 32.2. The van der Waals surface area contributed by atoms with Crippen LogP contribution in [0.15, 0.2) is 46.6 Å². The summed E-state index contributed by atoms with van der Waals surface area (Å²) >= 11 is 0. The van der Waals surface area contributed by atoms with Crippen LogP contribution in [0.5, 0.6) is 0 Å². The van der Waals surface area contributed by atoms with E-state index in [9.17, 15) is 17.2 Å². The van der Waals surface area contributed by atoms with E-state index in [1.54, 1.807) is 0 Å². The van der Waals surface area contributed by atoms with Crippen LogP contribution in [0, 0.1) is 17.0 Å². The van der Waals surface area contributed by atoms with Gasteiger partial charge in [0.15, 0.2) is 17.3 Å². The summed E-state index contributed by atoms with van der Waals surface area (Å²) < 4.78 is 70.7.